The molecule has 0 bridgehead atoms. The number of carbonyl (C=O) groups is 1. The zero-order chi connectivity index (χ0) is 16.4. The van der Waals surface area contributed by atoms with E-state index in [9.17, 15) is 4.79 Å². The highest BCUT2D eigenvalue weighted by atomic mass is 16.5. The Kier molecular flexibility index (Phi) is 4.81. The average molecular weight is 304 g/mol. The van der Waals surface area contributed by atoms with Crippen LogP contribution in [0.5, 0.6) is 5.75 Å². The van der Waals surface area contributed by atoms with E-state index in [1.165, 1.54) is 0 Å². The van der Waals surface area contributed by atoms with Crippen LogP contribution in [0, 0.1) is 6.92 Å². The Bertz CT molecular complexity index is 522. The van der Waals surface area contributed by atoms with Gasteiger partial charge in [-0.3, -0.25) is 4.79 Å². The standard InChI is InChI=1S/C18H28N2O2/c1-13-8-6-7-9-15(13)22-12-16(21)19-14-10-17(2,3)20-18(4,5)11-14/h6-9,14,20H,10-12H2,1-5H3,(H,19,21). The van der Waals surface area contributed by atoms with Gasteiger partial charge in [-0.25, -0.2) is 0 Å². The number of rotatable bonds is 4. The molecule has 1 amide bonds. The number of ether oxygens (including phenoxy) is 1. The maximum Gasteiger partial charge on any atom is 0.258 e. The average Bonchev–Trinajstić information content (AvgIpc) is 2.33. The van der Waals surface area contributed by atoms with Gasteiger partial charge in [0.1, 0.15) is 5.75 Å². The molecule has 122 valence electrons. The van der Waals surface area contributed by atoms with E-state index in [-0.39, 0.29) is 29.6 Å². The lowest BCUT2D eigenvalue weighted by Crippen LogP contribution is -2.62. The number of aryl methyl sites for hydroxylation is 1. The van der Waals surface area contributed by atoms with E-state index in [2.05, 4.69) is 38.3 Å². The van der Waals surface area contributed by atoms with Crippen LogP contribution in [-0.2, 0) is 4.79 Å². The second-order valence-electron chi connectivity index (χ2n) is 7.62. The lowest BCUT2D eigenvalue weighted by Gasteiger charge is -2.46. The Morgan fingerprint density at radius 1 is 1.23 bits per heavy atom. The molecule has 1 aromatic carbocycles. The summed E-state index contributed by atoms with van der Waals surface area (Å²) in [5.41, 5.74) is 1.09. The van der Waals surface area contributed by atoms with E-state index in [0.717, 1.165) is 24.2 Å². The van der Waals surface area contributed by atoms with Crippen LogP contribution in [0.1, 0.15) is 46.1 Å². The Labute approximate surface area is 133 Å². The lowest BCUT2D eigenvalue weighted by atomic mass is 9.79. The van der Waals surface area contributed by atoms with Crippen molar-refractivity contribution in [1.29, 1.82) is 0 Å². The molecular weight excluding hydrogens is 276 g/mol. The van der Waals surface area contributed by atoms with Crippen LogP contribution in [0.3, 0.4) is 0 Å². The fraction of sp³-hybridized carbons (Fsp3) is 0.611. The smallest absolute Gasteiger partial charge is 0.258 e. The van der Waals surface area contributed by atoms with Gasteiger partial charge in [0.2, 0.25) is 0 Å². The quantitative estimate of drug-likeness (QED) is 0.899. The first kappa shape index (κ1) is 16.8. The molecule has 22 heavy (non-hydrogen) atoms. The predicted molar refractivity (Wildman–Crippen MR) is 89.1 cm³/mol. The number of hydrogen-bond donors (Lipinski definition) is 2. The van der Waals surface area contributed by atoms with E-state index in [1.54, 1.807) is 0 Å². The van der Waals surface area contributed by atoms with Crippen LogP contribution in [0.15, 0.2) is 24.3 Å². The molecule has 1 aliphatic heterocycles. The number of hydrogen-bond acceptors (Lipinski definition) is 3. The predicted octanol–water partition coefficient (Wildman–Crippen LogP) is 2.80. The zero-order valence-corrected chi connectivity index (χ0v) is 14.3. The summed E-state index contributed by atoms with van der Waals surface area (Å²) in [6, 6.07) is 7.92. The van der Waals surface area contributed by atoms with Gasteiger partial charge in [-0.2, -0.15) is 0 Å². The minimum atomic E-state index is -0.0539. The molecule has 4 nitrogen and oxygen atoms in total. The molecule has 0 radical (unpaired) electrons. The number of carbonyl (C=O) groups excluding carboxylic acids is 1. The first-order valence-electron chi connectivity index (χ1n) is 7.94. The van der Waals surface area contributed by atoms with Gasteiger partial charge in [0.25, 0.3) is 5.91 Å². The monoisotopic (exact) mass is 304 g/mol. The minimum Gasteiger partial charge on any atom is -0.484 e. The first-order valence-corrected chi connectivity index (χ1v) is 7.94. The zero-order valence-electron chi connectivity index (χ0n) is 14.3. The van der Waals surface area contributed by atoms with Crippen LogP contribution in [0.4, 0.5) is 0 Å². The lowest BCUT2D eigenvalue weighted by molar-refractivity contribution is -0.124. The molecule has 0 aliphatic carbocycles. The van der Waals surface area contributed by atoms with Gasteiger partial charge in [0.05, 0.1) is 0 Å². The number of para-hydroxylation sites is 1. The molecule has 0 unspecified atom stereocenters. The maximum absolute atomic E-state index is 12.2. The fourth-order valence-electron chi connectivity index (χ4n) is 3.56. The van der Waals surface area contributed by atoms with E-state index in [4.69, 9.17) is 4.74 Å². The normalized spacial score (nSPS) is 20.4. The van der Waals surface area contributed by atoms with Gasteiger partial charge in [0.15, 0.2) is 6.61 Å². The van der Waals surface area contributed by atoms with Crippen LogP contribution in [-0.4, -0.2) is 29.6 Å². The molecule has 2 N–H and O–H groups in total. The van der Waals surface area contributed by atoms with Crippen molar-refractivity contribution in [3.8, 4) is 5.75 Å². The number of benzene rings is 1. The third-order valence-corrected chi connectivity index (χ3v) is 4.01. The maximum atomic E-state index is 12.2. The number of piperidine rings is 1. The van der Waals surface area contributed by atoms with E-state index in [1.807, 2.05) is 31.2 Å². The molecular formula is C18H28N2O2. The van der Waals surface area contributed by atoms with E-state index in [0.29, 0.717) is 0 Å². The highest BCUT2D eigenvalue weighted by molar-refractivity contribution is 5.77. The molecule has 0 saturated carbocycles. The SMILES string of the molecule is Cc1ccccc1OCC(=O)NC1CC(C)(C)NC(C)(C)C1. The second-order valence-corrected chi connectivity index (χ2v) is 7.62. The third kappa shape index (κ3) is 4.73. The molecule has 1 fully saturated rings. The third-order valence-electron chi connectivity index (χ3n) is 4.01. The summed E-state index contributed by atoms with van der Waals surface area (Å²) < 4.78 is 5.62. The number of amides is 1. The summed E-state index contributed by atoms with van der Waals surface area (Å²) in [4.78, 5) is 12.2. The Morgan fingerprint density at radius 3 is 2.41 bits per heavy atom. The van der Waals surface area contributed by atoms with Crippen LogP contribution >= 0.6 is 0 Å². The van der Waals surface area contributed by atoms with Gasteiger partial charge >= 0.3 is 0 Å². The number of nitrogens with one attached hydrogen (secondary N) is 2. The van der Waals surface area contributed by atoms with Crippen molar-refractivity contribution in [1.82, 2.24) is 10.6 Å². The van der Waals surface area contributed by atoms with Crippen molar-refractivity contribution in [2.24, 2.45) is 0 Å². The summed E-state index contributed by atoms with van der Waals surface area (Å²) in [5.74, 6) is 0.713. The van der Waals surface area contributed by atoms with Crippen molar-refractivity contribution < 1.29 is 9.53 Å². The molecule has 4 heteroatoms. The van der Waals surface area contributed by atoms with Crippen molar-refractivity contribution in [3.63, 3.8) is 0 Å². The van der Waals surface area contributed by atoms with Gasteiger partial charge in [-0.05, 0) is 59.1 Å². The highest BCUT2D eigenvalue weighted by Gasteiger charge is 2.38. The van der Waals surface area contributed by atoms with Gasteiger partial charge in [-0.15, -0.1) is 0 Å². The van der Waals surface area contributed by atoms with E-state index >= 15 is 0 Å². The molecule has 1 aliphatic rings. The summed E-state index contributed by atoms with van der Waals surface area (Å²) in [6.07, 6.45) is 1.85. The van der Waals surface area contributed by atoms with Gasteiger partial charge < -0.3 is 15.4 Å². The Morgan fingerprint density at radius 2 is 1.82 bits per heavy atom. The molecule has 1 heterocycles. The van der Waals surface area contributed by atoms with Crippen molar-refractivity contribution in [3.05, 3.63) is 29.8 Å². The largest absolute Gasteiger partial charge is 0.484 e. The summed E-state index contributed by atoms with van der Waals surface area (Å²) in [5, 5.41) is 6.73. The Hall–Kier alpha value is -1.55. The molecule has 1 saturated heterocycles. The van der Waals surface area contributed by atoms with Crippen LogP contribution in [0.2, 0.25) is 0 Å². The van der Waals surface area contributed by atoms with Crippen LogP contribution < -0.4 is 15.4 Å². The molecule has 0 aromatic heterocycles. The minimum absolute atomic E-state index is 0.0244. The van der Waals surface area contributed by atoms with E-state index < -0.39 is 0 Å². The van der Waals surface area contributed by atoms with Crippen LogP contribution in [0.25, 0.3) is 0 Å². The first-order chi connectivity index (χ1) is 10.2. The highest BCUT2D eigenvalue weighted by Crippen LogP contribution is 2.28. The fourth-order valence-corrected chi connectivity index (χ4v) is 3.56. The molecule has 0 spiro atoms. The van der Waals surface area contributed by atoms with Crippen molar-refractivity contribution in [2.75, 3.05) is 6.61 Å². The van der Waals surface area contributed by atoms with Crippen molar-refractivity contribution in [2.45, 2.75) is 64.6 Å². The Balaban J connectivity index is 1.88. The van der Waals surface area contributed by atoms with Gasteiger partial charge in [0, 0.05) is 17.1 Å². The second kappa shape index (κ2) is 6.29. The summed E-state index contributed by atoms with van der Waals surface area (Å²) in [6.45, 7) is 10.8. The topological polar surface area (TPSA) is 50.4 Å². The van der Waals surface area contributed by atoms with Gasteiger partial charge in [-0.1, -0.05) is 18.2 Å². The summed E-state index contributed by atoms with van der Waals surface area (Å²) >= 11 is 0. The molecule has 1 aromatic rings. The molecule has 0 atom stereocenters. The van der Waals surface area contributed by atoms with Crippen molar-refractivity contribution >= 4 is 5.91 Å². The molecule has 2 rings (SSSR count). The summed E-state index contributed by atoms with van der Waals surface area (Å²) in [7, 11) is 0.